The fourth-order valence-corrected chi connectivity index (χ4v) is 3.88. The SMILES string of the molecule is CC12CCOc3cccc(c31)C(=O)N2C1CCC(=O)NC1=O. The van der Waals surface area contributed by atoms with Crippen LogP contribution in [0.3, 0.4) is 0 Å². The topological polar surface area (TPSA) is 75.7 Å². The highest BCUT2D eigenvalue weighted by atomic mass is 16.5. The molecule has 1 N–H and O–H groups in total. The molecule has 6 heteroatoms. The van der Waals surface area contributed by atoms with E-state index >= 15 is 0 Å². The number of nitrogens with one attached hydrogen (secondary N) is 1. The van der Waals surface area contributed by atoms with Crippen molar-refractivity contribution in [1.82, 2.24) is 10.2 Å². The Balaban J connectivity index is 1.82. The van der Waals surface area contributed by atoms with Gasteiger partial charge < -0.3 is 9.64 Å². The Bertz CT molecular complexity index is 714. The highest BCUT2D eigenvalue weighted by Crippen LogP contribution is 2.50. The molecule has 0 spiro atoms. The van der Waals surface area contributed by atoms with Crippen molar-refractivity contribution in [1.29, 1.82) is 0 Å². The Labute approximate surface area is 127 Å². The smallest absolute Gasteiger partial charge is 0.255 e. The van der Waals surface area contributed by atoms with E-state index in [1.54, 1.807) is 17.0 Å². The fourth-order valence-electron chi connectivity index (χ4n) is 3.88. The average Bonchev–Trinajstić information content (AvgIpc) is 2.71. The van der Waals surface area contributed by atoms with E-state index in [0.717, 1.165) is 11.3 Å². The molecule has 3 aliphatic rings. The van der Waals surface area contributed by atoms with Crippen LogP contribution in [-0.4, -0.2) is 35.3 Å². The molecular formula is C16H16N2O4. The van der Waals surface area contributed by atoms with Crippen LogP contribution in [-0.2, 0) is 15.1 Å². The third-order valence-corrected chi connectivity index (χ3v) is 4.91. The second-order valence-electron chi connectivity index (χ2n) is 6.19. The number of amides is 3. The zero-order chi connectivity index (χ0) is 15.5. The van der Waals surface area contributed by atoms with Gasteiger partial charge in [0.15, 0.2) is 0 Å². The summed E-state index contributed by atoms with van der Waals surface area (Å²) in [7, 11) is 0. The molecule has 3 aliphatic heterocycles. The van der Waals surface area contributed by atoms with Gasteiger partial charge in [-0.3, -0.25) is 19.7 Å². The van der Waals surface area contributed by atoms with Crippen molar-refractivity contribution < 1.29 is 19.1 Å². The summed E-state index contributed by atoms with van der Waals surface area (Å²) in [5.74, 6) is -0.0938. The van der Waals surface area contributed by atoms with Gasteiger partial charge in [0.25, 0.3) is 5.91 Å². The van der Waals surface area contributed by atoms with Gasteiger partial charge in [0.1, 0.15) is 11.8 Å². The number of ether oxygens (including phenoxy) is 1. The van der Waals surface area contributed by atoms with Gasteiger partial charge in [0.05, 0.1) is 12.1 Å². The molecule has 1 aromatic carbocycles. The van der Waals surface area contributed by atoms with Gasteiger partial charge in [0, 0.05) is 24.0 Å². The number of nitrogens with zero attached hydrogens (tertiary/aromatic N) is 1. The van der Waals surface area contributed by atoms with Crippen LogP contribution in [0.4, 0.5) is 0 Å². The van der Waals surface area contributed by atoms with Crippen LogP contribution in [0.5, 0.6) is 5.75 Å². The van der Waals surface area contributed by atoms with E-state index in [4.69, 9.17) is 4.74 Å². The quantitative estimate of drug-likeness (QED) is 0.783. The largest absolute Gasteiger partial charge is 0.493 e. The Kier molecular flexibility index (Phi) is 2.61. The van der Waals surface area contributed by atoms with Gasteiger partial charge in [-0.2, -0.15) is 0 Å². The van der Waals surface area contributed by atoms with Crippen LogP contribution in [0.15, 0.2) is 18.2 Å². The lowest BCUT2D eigenvalue weighted by atomic mass is 9.85. The lowest BCUT2D eigenvalue weighted by molar-refractivity contribution is -0.138. The summed E-state index contributed by atoms with van der Waals surface area (Å²) < 4.78 is 5.67. The predicted octanol–water partition coefficient (Wildman–Crippen LogP) is 0.945. The number of rotatable bonds is 1. The van der Waals surface area contributed by atoms with Crippen LogP contribution in [0.1, 0.15) is 42.1 Å². The van der Waals surface area contributed by atoms with Crippen LogP contribution in [0, 0.1) is 0 Å². The summed E-state index contributed by atoms with van der Waals surface area (Å²) in [4.78, 5) is 38.2. The molecule has 4 rings (SSSR count). The average molecular weight is 300 g/mol. The molecule has 1 saturated heterocycles. The normalized spacial score (nSPS) is 30.0. The number of carbonyl (C=O) groups is 3. The van der Waals surface area contributed by atoms with Crippen molar-refractivity contribution >= 4 is 17.7 Å². The molecule has 0 bridgehead atoms. The van der Waals surface area contributed by atoms with E-state index in [2.05, 4.69) is 5.32 Å². The van der Waals surface area contributed by atoms with E-state index in [9.17, 15) is 14.4 Å². The van der Waals surface area contributed by atoms with Crippen molar-refractivity contribution in [2.75, 3.05) is 6.61 Å². The molecule has 6 nitrogen and oxygen atoms in total. The van der Waals surface area contributed by atoms with Crippen molar-refractivity contribution in [2.24, 2.45) is 0 Å². The second kappa shape index (κ2) is 4.32. The molecule has 3 heterocycles. The number of hydrogen-bond acceptors (Lipinski definition) is 4. The van der Waals surface area contributed by atoms with Gasteiger partial charge in [-0.1, -0.05) is 6.07 Å². The van der Waals surface area contributed by atoms with Crippen molar-refractivity contribution in [3.8, 4) is 5.75 Å². The van der Waals surface area contributed by atoms with E-state index in [1.165, 1.54) is 0 Å². The first-order valence-electron chi connectivity index (χ1n) is 7.46. The number of hydrogen-bond donors (Lipinski definition) is 1. The Morgan fingerprint density at radius 3 is 2.91 bits per heavy atom. The van der Waals surface area contributed by atoms with Crippen molar-refractivity contribution in [3.63, 3.8) is 0 Å². The van der Waals surface area contributed by atoms with Crippen molar-refractivity contribution in [3.05, 3.63) is 29.3 Å². The summed E-state index contributed by atoms with van der Waals surface area (Å²) in [5, 5.41) is 2.35. The minimum absolute atomic E-state index is 0.153. The monoisotopic (exact) mass is 300 g/mol. The molecule has 22 heavy (non-hydrogen) atoms. The molecule has 114 valence electrons. The summed E-state index contributed by atoms with van der Waals surface area (Å²) >= 11 is 0. The predicted molar refractivity (Wildman–Crippen MR) is 76.2 cm³/mol. The number of benzene rings is 1. The van der Waals surface area contributed by atoms with E-state index in [0.29, 0.717) is 25.0 Å². The van der Waals surface area contributed by atoms with Gasteiger partial charge in [-0.25, -0.2) is 0 Å². The minimum Gasteiger partial charge on any atom is -0.493 e. The van der Waals surface area contributed by atoms with Gasteiger partial charge in [0.2, 0.25) is 11.8 Å². The molecule has 2 unspecified atom stereocenters. The molecule has 0 radical (unpaired) electrons. The highest BCUT2D eigenvalue weighted by molar-refractivity contribution is 6.06. The summed E-state index contributed by atoms with van der Waals surface area (Å²) in [6.07, 6.45) is 1.27. The Morgan fingerprint density at radius 2 is 2.14 bits per heavy atom. The van der Waals surface area contributed by atoms with Crippen LogP contribution in [0.25, 0.3) is 0 Å². The maximum Gasteiger partial charge on any atom is 0.255 e. The highest BCUT2D eigenvalue weighted by Gasteiger charge is 2.54. The maximum atomic E-state index is 12.9. The molecule has 2 atom stereocenters. The van der Waals surface area contributed by atoms with Crippen LogP contribution >= 0.6 is 0 Å². The first-order chi connectivity index (χ1) is 10.5. The van der Waals surface area contributed by atoms with Gasteiger partial charge in [-0.15, -0.1) is 0 Å². The number of imide groups is 1. The molecule has 3 amide bonds. The van der Waals surface area contributed by atoms with Gasteiger partial charge in [-0.05, 0) is 25.5 Å². The maximum absolute atomic E-state index is 12.9. The molecule has 0 aromatic heterocycles. The zero-order valence-electron chi connectivity index (χ0n) is 12.2. The minimum atomic E-state index is -0.603. The molecule has 1 fully saturated rings. The van der Waals surface area contributed by atoms with Gasteiger partial charge >= 0.3 is 0 Å². The number of piperidine rings is 1. The lowest BCUT2D eigenvalue weighted by Crippen LogP contribution is -2.58. The summed E-state index contributed by atoms with van der Waals surface area (Å²) in [6.45, 7) is 2.48. The Morgan fingerprint density at radius 1 is 1.32 bits per heavy atom. The lowest BCUT2D eigenvalue weighted by Gasteiger charge is -2.43. The van der Waals surface area contributed by atoms with Crippen LogP contribution in [0.2, 0.25) is 0 Å². The Hall–Kier alpha value is -2.37. The molecule has 1 aromatic rings. The molecule has 0 aliphatic carbocycles. The number of carbonyl (C=O) groups excluding carboxylic acids is 3. The third-order valence-electron chi connectivity index (χ3n) is 4.91. The third kappa shape index (κ3) is 1.58. The summed E-state index contributed by atoms with van der Waals surface area (Å²) in [5.41, 5.74) is 0.921. The standard InChI is InChI=1S/C16H16N2O4/c1-16-7-8-22-11-4-2-3-9(13(11)16)15(21)18(16)10-5-6-12(19)17-14(10)20/h2-4,10H,5-8H2,1H3,(H,17,19,20). The molecule has 0 saturated carbocycles. The zero-order valence-corrected chi connectivity index (χ0v) is 12.2. The van der Waals surface area contributed by atoms with Crippen molar-refractivity contribution in [2.45, 2.75) is 37.8 Å². The van der Waals surface area contributed by atoms with E-state index in [1.807, 2.05) is 13.0 Å². The second-order valence-corrected chi connectivity index (χ2v) is 6.19. The fraction of sp³-hybridized carbons (Fsp3) is 0.438. The van der Waals surface area contributed by atoms with E-state index < -0.39 is 11.6 Å². The van der Waals surface area contributed by atoms with E-state index in [-0.39, 0.29) is 24.1 Å². The molecular weight excluding hydrogens is 284 g/mol. The first kappa shape index (κ1) is 13.3. The summed E-state index contributed by atoms with van der Waals surface area (Å²) in [6, 6.07) is 4.83. The first-order valence-corrected chi connectivity index (χ1v) is 7.46. The van der Waals surface area contributed by atoms with Crippen LogP contribution < -0.4 is 10.1 Å².